The van der Waals surface area contributed by atoms with E-state index in [1.807, 2.05) is 11.8 Å². The van der Waals surface area contributed by atoms with Gasteiger partial charge in [-0.25, -0.2) is 4.79 Å². The second-order valence-corrected chi connectivity index (χ2v) is 4.19. The summed E-state index contributed by atoms with van der Waals surface area (Å²) in [4.78, 5) is 25.9. The lowest BCUT2D eigenvalue weighted by Gasteiger charge is -2.33. The molecule has 0 aromatic rings. The van der Waals surface area contributed by atoms with Gasteiger partial charge < -0.3 is 10.0 Å². The highest BCUT2D eigenvalue weighted by Crippen LogP contribution is 2.05. The number of piperazine rings is 1. The predicted octanol–water partition coefficient (Wildman–Crippen LogP) is 0.572. The van der Waals surface area contributed by atoms with Gasteiger partial charge in [-0.2, -0.15) is 0 Å². The van der Waals surface area contributed by atoms with E-state index >= 15 is 0 Å². The van der Waals surface area contributed by atoms with Crippen LogP contribution in [0.25, 0.3) is 0 Å². The van der Waals surface area contributed by atoms with Crippen molar-refractivity contribution in [3.8, 4) is 0 Å². The number of carboxylic acids is 1. The molecule has 1 amide bonds. The third-order valence-corrected chi connectivity index (χ3v) is 3.07. The van der Waals surface area contributed by atoms with Crippen molar-refractivity contribution in [1.82, 2.24) is 9.80 Å². The Hall–Kier alpha value is -1.36. The van der Waals surface area contributed by atoms with Gasteiger partial charge in [-0.15, -0.1) is 0 Å². The van der Waals surface area contributed by atoms with E-state index in [1.54, 1.807) is 13.0 Å². The molecule has 0 bridgehead atoms. The van der Waals surface area contributed by atoms with Crippen molar-refractivity contribution in [1.29, 1.82) is 0 Å². The summed E-state index contributed by atoms with van der Waals surface area (Å²) in [5.41, 5.74) is 0.457. The summed E-state index contributed by atoms with van der Waals surface area (Å²) in [6.45, 7) is 7.17. The number of amides is 1. The first-order valence-corrected chi connectivity index (χ1v) is 5.94. The maximum Gasteiger partial charge on any atom is 0.331 e. The fraction of sp³-hybridized carbons (Fsp3) is 0.667. The quantitative estimate of drug-likeness (QED) is 0.730. The van der Waals surface area contributed by atoms with E-state index in [0.717, 1.165) is 26.2 Å². The first-order valence-electron chi connectivity index (χ1n) is 5.94. The molecule has 0 aromatic heterocycles. The van der Waals surface area contributed by atoms with Crippen LogP contribution in [0.4, 0.5) is 0 Å². The van der Waals surface area contributed by atoms with Crippen LogP contribution in [0.1, 0.15) is 20.3 Å². The second-order valence-electron chi connectivity index (χ2n) is 4.19. The van der Waals surface area contributed by atoms with E-state index in [2.05, 4.69) is 4.90 Å². The minimum absolute atomic E-state index is 0.111. The van der Waals surface area contributed by atoms with Crippen molar-refractivity contribution >= 4 is 11.9 Å². The number of nitrogens with zero attached hydrogens (tertiary/aromatic N) is 2. The molecule has 1 rings (SSSR count). The number of rotatable bonds is 4. The summed E-state index contributed by atoms with van der Waals surface area (Å²) in [5, 5.41) is 8.88. The summed E-state index contributed by atoms with van der Waals surface area (Å²) in [6.07, 6.45) is 2.31. The molecule has 0 atom stereocenters. The van der Waals surface area contributed by atoms with Gasteiger partial charge in [0.05, 0.1) is 0 Å². The zero-order chi connectivity index (χ0) is 12.8. The average Bonchev–Trinajstić information content (AvgIpc) is 2.30. The Balaban J connectivity index is 2.40. The molecular formula is C12H20N2O3. The molecule has 96 valence electrons. The van der Waals surface area contributed by atoms with Crippen LogP contribution in [-0.2, 0) is 9.59 Å². The standard InChI is InChI=1S/C12H20N2O3/c1-3-11(12(16)17)4-5-13-6-8-14(9-7-13)10(2)15/h4H,3,5-9H2,1-2H3,(H,16,17). The van der Waals surface area contributed by atoms with Gasteiger partial charge >= 0.3 is 5.97 Å². The van der Waals surface area contributed by atoms with Crippen LogP contribution in [-0.4, -0.2) is 59.5 Å². The van der Waals surface area contributed by atoms with Crippen molar-refractivity contribution in [3.05, 3.63) is 11.6 Å². The molecule has 1 aliphatic rings. The van der Waals surface area contributed by atoms with E-state index < -0.39 is 5.97 Å². The predicted molar refractivity (Wildman–Crippen MR) is 64.7 cm³/mol. The molecule has 1 aliphatic heterocycles. The summed E-state index contributed by atoms with van der Waals surface area (Å²) in [5.74, 6) is -0.727. The normalized spacial score (nSPS) is 18.2. The maximum atomic E-state index is 11.1. The Morgan fingerprint density at radius 2 is 1.82 bits per heavy atom. The van der Waals surface area contributed by atoms with Crippen LogP contribution < -0.4 is 0 Å². The van der Waals surface area contributed by atoms with Gasteiger partial charge in [0.1, 0.15) is 0 Å². The Kier molecular flexibility index (Phi) is 5.15. The van der Waals surface area contributed by atoms with E-state index in [1.165, 1.54) is 0 Å². The van der Waals surface area contributed by atoms with Crippen LogP contribution in [0.3, 0.4) is 0 Å². The summed E-state index contributed by atoms with van der Waals surface area (Å²) in [6, 6.07) is 0. The lowest BCUT2D eigenvalue weighted by atomic mass is 10.2. The number of carboxylic acid groups (broad SMARTS) is 1. The molecule has 0 saturated carbocycles. The van der Waals surface area contributed by atoms with E-state index in [4.69, 9.17) is 5.11 Å². The van der Waals surface area contributed by atoms with Crippen molar-refractivity contribution < 1.29 is 14.7 Å². The van der Waals surface area contributed by atoms with Crippen molar-refractivity contribution in [2.45, 2.75) is 20.3 Å². The minimum Gasteiger partial charge on any atom is -0.478 e. The minimum atomic E-state index is -0.838. The lowest BCUT2D eigenvalue weighted by molar-refractivity contribution is -0.133. The molecule has 1 saturated heterocycles. The molecule has 1 fully saturated rings. The first kappa shape index (κ1) is 13.7. The van der Waals surface area contributed by atoms with Gasteiger partial charge in [0, 0.05) is 45.2 Å². The monoisotopic (exact) mass is 240 g/mol. The average molecular weight is 240 g/mol. The van der Waals surface area contributed by atoms with Gasteiger partial charge in [-0.05, 0) is 6.42 Å². The van der Waals surface area contributed by atoms with Gasteiger partial charge in [0.2, 0.25) is 5.91 Å². The van der Waals surface area contributed by atoms with Crippen molar-refractivity contribution in [2.75, 3.05) is 32.7 Å². The molecule has 0 radical (unpaired) electrons. The van der Waals surface area contributed by atoms with Crippen LogP contribution in [0.15, 0.2) is 11.6 Å². The SMILES string of the molecule is CCC(=CCN1CCN(C(C)=O)CC1)C(=O)O. The molecule has 0 aliphatic carbocycles. The highest BCUT2D eigenvalue weighted by atomic mass is 16.4. The second kappa shape index (κ2) is 6.39. The topological polar surface area (TPSA) is 60.9 Å². The summed E-state index contributed by atoms with van der Waals surface area (Å²) >= 11 is 0. The molecule has 0 spiro atoms. The van der Waals surface area contributed by atoms with Crippen LogP contribution >= 0.6 is 0 Å². The molecule has 5 heteroatoms. The fourth-order valence-corrected chi connectivity index (χ4v) is 1.87. The zero-order valence-electron chi connectivity index (χ0n) is 10.5. The molecule has 1 N–H and O–H groups in total. The number of aliphatic carboxylic acids is 1. The van der Waals surface area contributed by atoms with Crippen LogP contribution in [0.5, 0.6) is 0 Å². The van der Waals surface area contributed by atoms with Gasteiger partial charge in [0.15, 0.2) is 0 Å². The van der Waals surface area contributed by atoms with Crippen molar-refractivity contribution in [2.24, 2.45) is 0 Å². The molecule has 17 heavy (non-hydrogen) atoms. The number of carbonyl (C=O) groups is 2. The Morgan fingerprint density at radius 1 is 1.24 bits per heavy atom. The van der Waals surface area contributed by atoms with E-state index in [9.17, 15) is 9.59 Å². The number of hydrogen-bond acceptors (Lipinski definition) is 3. The number of hydrogen-bond donors (Lipinski definition) is 1. The first-order chi connectivity index (χ1) is 8.04. The third-order valence-electron chi connectivity index (χ3n) is 3.07. The number of carbonyl (C=O) groups excluding carboxylic acids is 1. The summed E-state index contributed by atoms with van der Waals surface area (Å²) < 4.78 is 0. The lowest BCUT2D eigenvalue weighted by Crippen LogP contribution is -2.47. The molecule has 1 heterocycles. The van der Waals surface area contributed by atoms with Gasteiger partial charge in [-0.1, -0.05) is 13.0 Å². The largest absolute Gasteiger partial charge is 0.478 e. The summed E-state index contributed by atoms with van der Waals surface area (Å²) in [7, 11) is 0. The molecule has 0 unspecified atom stereocenters. The molecule has 0 aromatic carbocycles. The maximum absolute atomic E-state index is 11.1. The van der Waals surface area contributed by atoms with Crippen LogP contribution in [0, 0.1) is 0 Å². The van der Waals surface area contributed by atoms with E-state index in [-0.39, 0.29) is 5.91 Å². The van der Waals surface area contributed by atoms with Crippen molar-refractivity contribution in [3.63, 3.8) is 0 Å². The molecule has 5 nitrogen and oxygen atoms in total. The van der Waals surface area contributed by atoms with Gasteiger partial charge in [0.25, 0.3) is 0 Å². The Morgan fingerprint density at radius 3 is 2.24 bits per heavy atom. The highest BCUT2D eigenvalue weighted by molar-refractivity contribution is 5.86. The van der Waals surface area contributed by atoms with Gasteiger partial charge in [-0.3, -0.25) is 9.69 Å². The smallest absolute Gasteiger partial charge is 0.331 e. The Bertz CT molecular complexity index is 318. The fourth-order valence-electron chi connectivity index (χ4n) is 1.87. The molecular weight excluding hydrogens is 220 g/mol. The highest BCUT2D eigenvalue weighted by Gasteiger charge is 2.17. The third kappa shape index (κ3) is 4.19. The van der Waals surface area contributed by atoms with Crippen LogP contribution in [0.2, 0.25) is 0 Å². The zero-order valence-corrected chi connectivity index (χ0v) is 10.5. The van der Waals surface area contributed by atoms with E-state index in [0.29, 0.717) is 18.5 Å². The Labute approximate surface area is 102 Å².